The van der Waals surface area contributed by atoms with E-state index in [0.717, 1.165) is 0 Å². The van der Waals surface area contributed by atoms with Crippen molar-refractivity contribution in [2.45, 2.75) is 76.3 Å². The normalized spacial score (nSPS) is 14.0. The average molecular weight is 572 g/mol. The molecule has 0 bridgehead atoms. The Hall–Kier alpha value is -4.45. The molecule has 0 aliphatic rings. The molecule has 2 aromatic rings. The smallest absolute Gasteiger partial charge is 0.407 e. The number of carbonyl (C=O) groups excluding carboxylic acids is 3. The van der Waals surface area contributed by atoms with Gasteiger partial charge >= 0.3 is 18.0 Å². The summed E-state index contributed by atoms with van der Waals surface area (Å²) >= 11 is 0. The number of aliphatic hydroxyl groups excluding tert-OH is 1. The minimum absolute atomic E-state index is 0.0266. The average Bonchev–Trinajstić information content (AvgIpc) is 2.89. The Morgan fingerprint density at radius 3 is 1.76 bits per heavy atom. The maximum absolute atomic E-state index is 13.1. The van der Waals surface area contributed by atoms with Gasteiger partial charge < -0.3 is 36.0 Å². The van der Waals surface area contributed by atoms with Gasteiger partial charge in [-0.25, -0.2) is 9.59 Å². The highest BCUT2D eigenvalue weighted by Crippen LogP contribution is 2.12. The molecule has 41 heavy (non-hydrogen) atoms. The maximum Gasteiger partial charge on any atom is 0.407 e. The first-order chi connectivity index (χ1) is 19.2. The third-order valence-electron chi connectivity index (χ3n) is 5.83. The zero-order valence-electron chi connectivity index (χ0n) is 23.2. The van der Waals surface area contributed by atoms with Crippen molar-refractivity contribution in [3.05, 3.63) is 71.8 Å². The van der Waals surface area contributed by atoms with E-state index in [0.29, 0.717) is 11.1 Å². The van der Waals surface area contributed by atoms with Gasteiger partial charge in [0.1, 0.15) is 17.7 Å². The minimum atomic E-state index is -1.87. The molecule has 0 aliphatic carbocycles. The van der Waals surface area contributed by atoms with Gasteiger partial charge in [0.05, 0.1) is 6.04 Å². The number of aliphatic carboxylic acids is 2. The third kappa shape index (κ3) is 12.1. The van der Waals surface area contributed by atoms with Crippen LogP contribution in [0.1, 0.15) is 44.7 Å². The van der Waals surface area contributed by atoms with Crippen LogP contribution in [0.3, 0.4) is 0 Å². The molecule has 3 amide bonds. The number of carbonyl (C=O) groups is 5. The zero-order valence-corrected chi connectivity index (χ0v) is 23.2. The fraction of sp³-hybridized carbons (Fsp3) is 0.414. The SMILES string of the molecule is CC(C)(C)OC(=O)NC(Cc1ccccc1)C(O)C(=O)NC(CCC(=O)O)C(=O)NC(Cc1ccccc1)C(=O)O. The molecule has 12 nitrogen and oxygen atoms in total. The molecular formula is C29H37N3O9. The number of carboxylic acids is 2. The highest BCUT2D eigenvalue weighted by Gasteiger charge is 2.33. The number of carboxylic acid groups (broad SMARTS) is 2. The van der Waals surface area contributed by atoms with Crippen LogP contribution in [0.5, 0.6) is 0 Å². The van der Waals surface area contributed by atoms with Crippen LogP contribution in [-0.4, -0.2) is 75.0 Å². The Kier molecular flexibility index (Phi) is 12.3. The molecule has 4 unspecified atom stereocenters. The lowest BCUT2D eigenvalue weighted by Crippen LogP contribution is -2.57. The zero-order chi connectivity index (χ0) is 30.6. The van der Waals surface area contributed by atoms with Crippen molar-refractivity contribution in [2.75, 3.05) is 0 Å². The largest absolute Gasteiger partial charge is 0.481 e. The summed E-state index contributed by atoms with van der Waals surface area (Å²) in [6.07, 6.45) is -3.67. The third-order valence-corrected chi connectivity index (χ3v) is 5.83. The maximum atomic E-state index is 13.1. The Labute approximate surface area is 238 Å². The highest BCUT2D eigenvalue weighted by atomic mass is 16.6. The minimum Gasteiger partial charge on any atom is -0.481 e. The Balaban J connectivity index is 2.21. The van der Waals surface area contributed by atoms with Crippen LogP contribution in [0.2, 0.25) is 0 Å². The summed E-state index contributed by atoms with van der Waals surface area (Å²) in [5.41, 5.74) is 0.471. The quantitative estimate of drug-likeness (QED) is 0.196. The molecule has 2 aromatic carbocycles. The standard InChI is InChI=1S/C29H37N3O9/c1-29(2,3)41-28(40)32-21(16-18-10-6-4-7-11-18)24(35)26(37)30-20(14-15-23(33)34)25(36)31-22(27(38)39)17-19-12-8-5-9-13-19/h4-13,20-22,24,35H,14-17H2,1-3H3,(H,30,37)(H,31,36)(H,32,40)(H,33,34)(H,38,39). The van der Waals surface area contributed by atoms with Crippen molar-refractivity contribution in [1.29, 1.82) is 0 Å². The van der Waals surface area contributed by atoms with Gasteiger partial charge in [0, 0.05) is 12.8 Å². The summed E-state index contributed by atoms with van der Waals surface area (Å²) in [5.74, 6) is -4.57. The van der Waals surface area contributed by atoms with Crippen LogP contribution in [0.15, 0.2) is 60.7 Å². The second kappa shape index (κ2) is 15.4. The lowest BCUT2D eigenvalue weighted by molar-refractivity contribution is -0.143. The van der Waals surface area contributed by atoms with Crippen molar-refractivity contribution in [3.8, 4) is 0 Å². The number of nitrogens with one attached hydrogen (secondary N) is 3. The monoisotopic (exact) mass is 571 g/mol. The predicted molar refractivity (Wildman–Crippen MR) is 148 cm³/mol. The van der Waals surface area contributed by atoms with Crippen LogP contribution in [-0.2, 0) is 36.8 Å². The summed E-state index contributed by atoms with van der Waals surface area (Å²) in [4.78, 5) is 61.7. The first-order valence-electron chi connectivity index (χ1n) is 13.1. The van der Waals surface area contributed by atoms with Crippen LogP contribution in [0.4, 0.5) is 4.79 Å². The molecule has 0 aromatic heterocycles. The van der Waals surface area contributed by atoms with Gasteiger partial charge in [0.2, 0.25) is 5.91 Å². The van der Waals surface area contributed by atoms with E-state index in [1.807, 2.05) is 0 Å². The molecular weight excluding hydrogens is 534 g/mol. The topological polar surface area (TPSA) is 191 Å². The lowest BCUT2D eigenvalue weighted by Gasteiger charge is -2.28. The first-order valence-corrected chi connectivity index (χ1v) is 13.1. The second-order valence-corrected chi connectivity index (χ2v) is 10.5. The van der Waals surface area contributed by atoms with Crippen molar-refractivity contribution in [3.63, 3.8) is 0 Å². The molecule has 0 saturated carbocycles. The molecule has 0 radical (unpaired) electrons. The molecule has 12 heteroatoms. The van der Waals surface area contributed by atoms with E-state index in [1.165, 1.54) is 0 Å². The number of hydrogen-bond acceptors (Lipinski definition) is 7. The van der Waals surface area contributed by atoms with E-state index in [9.17, 15) is 34.2 Å². The van der Waals surface area contributed by atoms with E-state index < -0.39 is 66.1 Å². The number of aliphatic hydroxyl groups is 1. The lowest BCUT2D eigenvalue weighted by atomic mass is 10.00. The van der Waals surface area contributed by atoms with E-state index in [-0.39, 0.29) is 19.3 Å². The Morgan fingerprint density at radius 2 is 1.27 bits per heavy atom. The van der Waals surface area contributed by atoms with E-state index >= 15 is 0 Å². The number of alkyl carbamates (subject to hydrolysis) is 1. The predicted octanol–water partition coefficient (Wildman–Crippen LogP) is 1.65. The molecule has 4 atom stereocenters. The van der Waals surface area contributed by atoms with Gasteiger partial charge in [0.15, 0.2) is 6.10 Å². The van der Waals surface area contributed by atoms with E-state index in [4.69, 9.17) is 9.84 Å². The van der Waals surface area contributed by atoms with Gasteiger partial charge in [-0.15, -0.1) is 0 Å². The summed E-state index contributed by atoms with van der Waals surface area (Å²) in [6, 6.07) is 13.3. The van der Waals surface area contributed by atoms with Crippen LogP contribution in [0.25, 0.3) is 0 Å². The summed E-state index contributed by atoms with van der Waals surface area (Å²) in [6.45, 7) is 4.95. The fourth-order valence-electron chi connectivity index (χ4n) is 3.87. The van der Waals surface area contributed by atoms with Gasteiger partial charge in [0.25, 0.3) is 5.91 Å². The van der Waals surface area contributed by atoms with Gasteiger partial charge in [-0.1, -0.05) is 60.7 Å². The molecule has 222 valence electrons. The Morgan fingerprint density at radius 1 is 0.756 bits per heavy atom. The fourth-order valence-corrected chi connectivity index (χ4v) is 3.87. The number of ether oxygens (including phenoxy) is 1. The molecule has 0 aliphatic heterocycles. The van der Waals surface area contributed by atoms with E-state index in [2.05, 4.69) is 16.0 Å². The van der Waals surface area contributed by atoms with Crippen molar-refractivity contribution in [2.24, 2.45) is 0 Å². The number of hydrogen-bond donors (Lipinski definition) is 6. The van der Waals surface area contributed by atoms with Gasteiger partial charge in [-0.2, -0.15) is 0 Å². The molecule has 0 heterocycles. The summed E-state index contributed by atoms with van der Waals surface area (Å²) < 4.78 is 5.26. The van der Waals surface area contributed by atoms with Crippen molar-refractivity contribution in [1.82, 2.24) is 16.0 Å². The van der Waals surface area contributed by atoms with Crippen molar-refractivity contribution >= 4 is 29.8 Å². The number of amides is 3. The number of benzene rings is 2. The van der Waals surface area contributed by atoms with Gasteiger partial charge in [-0.05, 0) is 44.7 Å². The van der Waals surface area contributed by atoms with Crippen LogP contribution in [0, 0.1) is 0 Å². The summed E-state index contributed by atoms with van der Waals surface area (Å²) in [7, 11) is 0. The molecule has 2 rings (SSSR count). The molecule has 6 N–H and O–H groups in total. The van der Waals surface area contributed by atoms with Crippen molar-refractivity contribution < 1.29 is 44.0 Å². The molecule has 0 saturated heterocycles. The highest BCUT2D eigenvalue weighted by molar-refractivity contribution is 5.92. The molecule has 0 spiro atoms. The second-order valence-electron chi connectivity index (χ2n) is 10.5. The van der Waals surface area contributed by atoms with Crippen LogP contribution < -0.4 is 16.0 Å². The Bertz CT molecular complexity index is 1180. The summed E-state index contributed by atoms with van der Waals surface area (Å²) in [5, 5.41) is 36.9. The molecule has 0 fully saturated rings. The van der Waals surface area contributed by atoms with Gasteiger partial charge in [-0.3, -0.25) is 14.4 Å². The number of rotatable bonds is 14. The first kappa shape index (κ1) is 32.8. The van der Waals surface area contributed by atoms with E-state index in [1.54, 1.807) is 81.4 Å². The van der Waals surface area contributed by atoms with Crippen LogP contribution >= 0.6 is 0 Å².